The van der Waals surface area contributed by atoms with Crippen LogP contribution >= 0.6 is 35.0 Å². The van der Waals surface area contributed by atoms with E-state index in [1.807, 2.05) is 6.92 Å². The van der Waals surface area contributed by atoms with Crippen LogP contribution in [0.3, 0.4) is 0 Å². The van der Waals surface area contributed by atoms with E-state index in [0.29, 0.717) is 13.1 Å². The zero-order valence-electron chi connectivity index (χ0n) is 10.3. The number of thioether (sulfide) groups is 1. The summed E-state index contributed by atoms with van der Waals surface area (Å²) >= 11 is 13.6. The topological polar surface area (TPSA) is 63.4 Å². The van der Waals surface area contributed by atoms with E-state index < -0.39 is 10.0 Å². The normalized spacial score (nSPS) is 21.5. The molecule has 19 heavy (non-hydrogen) atoms. The molecule has 0 saturated carbocycles. The van der Waals surface area contributed by atoms with Crippen molar-refractivity contribution in [2.75, 3.05) is 24.6 Å². The highest BCUT2D eigenvalue weighted by molar-refractivity contribution is 8.00. The third kappa shape index (κ3) is 2.97. The van der Waals surface area contributed by atoms with Gasteiger partial charge in [0.05, 0.1) is 15.7 Å². The van der Waals surface area contributed by atoms with Crippen LogP contribution < -0.4 is 5.73 Å². The highest BCUT2D eigenvalue weighted by atomic mass is 35.5. The molecule has 8 heteroatoms. The van der Waals surface area contributed by atoms with Gasteiger partial charge in [-0.05, 0) is 12.1 Å². The second-order valence-corrected chi connectivity index (χ2v) is 8.56. The quantitative estimate of drug-likeness (QED) is 0.840. The number of halogens is 2. The van der Waals surface area contributed by atoms with Crippen LogP contribution in [0.15, 0.2) is 17.0 Å². The Morgan fingerprint density at radius 1 is 1.42 bits per heavy atom. The Labute approximate surface area is 127 Å². The van der Waals surface area contributed by atoms with E-state index >= 15 is 0 Å². The molecule has 106 valence electrons. The van der Waals surface area contributed by atoms with Gasteiger partial charge in [-0.25, -0.2) is 8.42 Å². The molecule has 1 aromatic rings. The van der Waals surface area contributed by atoms with Gasteiger partial charge in [-0.2, -0.15) is 16.1 Å². The van der Waals surface area contributed by atoms with Crippen molar-refractivity contribution >= 4 is 50.7 Å². The molecule has 0 aromatic heterocycles. The summed E-state index contributed by atoms with van der Waals surface area (Å²) in [4.78, 5) is 0.0233. The van der Waals surface area contributed by atoms with Crippen LogP contribution in [0.25, 0.3) is 0 Å². The lowest BCUT2D eigenvalue weighted by atomic mass is 10.3. The predicted molar refractivity (Wildman–Crippen MR) is 81.6 cm³/mol. The van der Waals surface area contributed by atoms with Crippen molar-refractivity contribution in [3.05, 3.63) is 22.2 Å². The molecule has 0 radical (unpaired) electrons. The standard InChI is InChI=1S/C11H14Cl2N2O2S2/c1-7-6-15(4-5-18-7)19(16,17)9-3-2-8(12)11(14)10(9)13/h2-3,7H,4-6,14H2,1H3. The largest absolute Gasteiger partial charge is 0.396 e. The fourth-order valence-corrected chi connectivity index (χ4v) is 5.39. The zero-order chi connectivity index (χ0) is 14.2. The van der Waals surface area contributed by atoms with Crippen molar-refractivity contribution < 1.29 is 8.42 Å². The van der Waals surface area contributed by atoms with Crippen LogP contribution in [0.2, 0.25) is 10.0 Å². The summed E-state index contributed by atoms with van der Waals surface area (Å²) < 4.78 is 26.5. The van der Waals surface area contributed by atoms with Gasteiger partial charge in [-0.15, -0.1) is 0 Å². The minimum absolute atomic E-state index is 0.00150. The monoisotopic (exact) mass is 340 g/mol. The number of hydrogen-bond acceptors (Lipinski definition) is 4. The number of hydrogen-bond donors (Lipinski definition) is 1. The van der Waals surface area contributed by atoms with Gasteiger partial charge in [0.2, 0.25) is 10.0 Å². The second-order valence-electron chi connectivity index (χ2n) is 4.32. The molecule has 4 nitrogen and oxygen atoms in total. The van der Waals surface area contributed by atoms with Crippen LogP contribution in [0.1, 0.15) is 6.92 Å². The minimum atomic E-state index is -3.62. The number of nitrogen functional groups attached to an aromatic ring is 1. The first kappa shape index (κ1) is 15.3. The molecule has 0 aliphatic carbocycles. The number of rotatable bonds is 2. The Hall–Kier alpha value is -0.140. The van der Waals surface area contributed by atoms with Crippen molar-refractivity contribution in [2.45, 2.75) is 17.1 Å². The first-order valence-electron chi connectivity index (χ1n) is 5.69. The van der Waals surface area contributed by atoms with Gasteiger partial charge in [-0.3, -0.25) is 0 Å². The number of sulfonamides is 1. The maximum Gasteiger partial charge on any atom is 0.244 e. The molecule has 1 aliphatic heterocycles. The molecular weight excluding hydrogens is 327 g/mol. The average molecular weight is 341 g/mol. The van der Waals surface area contributed by atoms with E-state index in [4.69, 9.17) is 28.9 Å². The minimum Gasteiger partial charge on any atom is -0.396 e. The summed E-state index contributed by atoms with van der Waals surface area (Å²) in [5.41, 5.74) is 5.79. The molecule has 0 amide bonds. The Kier molecular flexibility index (Phi) is 4.57. The Bertz CT molecular complexity index is 593. The fraction of sp³-hybridized carbons (Fsp3) is 0.455. The van der Waals surface area contributed by atoms with Crippen LogP contribution in [-0.2, 0) is 10.0 Å². The molecule has 0 spiro atoms. The highest BCUT2D eigenvalue weighted by Gasteiger charge is 2.31. The summed E-state index contributed by atoms with van der Waals surface area (Å²) in [6.07, 6.45) is 0. The summed E-state index contributed by atoms with van der Waals surface area (Å²) in [6, 6.07) is 2.86. The first-order chi connectivity index (χ1) is 8.84. The Morgan fingerprint density at radius 3 is 2.74 bits per heavy atom. The maximum absolute atomic E-state index is 12.6. The van der Waals surface area contributed by atoms with Crippen molar-refractivity contribution in [3.8, 4) is 0 Å². The van der Waals surface area contributed by atoms with Gasteiger partial charge < -0.3 is 5.73 Å². The molecule has 1 aliphatic rings. The second kappa shape index (κ2) is 5.69. The smallest absolute Gasteiger partial charge is 0.244 e. The molecule has 2 rings (SSSR count). The first-order valence-corrected chi connectivity index (χ1v) is 8.93. The molecular formula is C11H14Cl2N2O2S2. The van der Waals surface area contributed by atoms with Crippen LogP contribution in [0, 0.1) is 0 Å². The molecule has 1 saturated heterocycles. The van der Waals surface area contributed by atoms with Crippen molar-refractivity contribution in [2.24, 2.45) is 0 Å². The van der Waals surface area contributed by atoms with Gasteiger partial charge >= 0.3 is 0 Å². The number of benzene rings is 1. The van der Waals surface area contributed by atoms with Crippen molar-refractivity contribution in [1.82, 2.24) is 4.31 Å². The van der Waals surface area contributed by atoms with E-state index in [9.17, 15) is 8.42 Å². The maximum atomic E-state index is 12.6. The van der Waals surface area contributed by atoms with E-state index in [2.05, 4.69) is 0 Å². The summed E-state index contributed by atoms with van der Waals surface area (Å²) in [5, 5.41) is 0.525. The summed E-state index contributed by atoms with van der Waals surface area (Å²) in [5.74, 6) is 0.779. The molecule has 1 heterocycles. The van der Waals surface area contributed by atoms with Crippen LogP contribution in [-0.4, -0.2) is 36.8 Å². The molecule has 1 atom stereocenters. The average Bonchev–Trinajstić information content (AvgIpc) is 2.36. The van der Waals surface area contributed by atoms with E-state index in [-0.39, 0.29) is 25.9 Å². The fourth-order valence-electron chi connectivity index (χ4n) is 1.89. The van der Waals surface area contributed by atoms with Gasteiger partial charge in [0.15, 0.2) is 0 Å². The molecule has 2 N–H and O–H groups in total. The number of anilines is 1. The highest BCUT2D eigenvalue weighted by Crippen LogP contribution is 2.35. The lowest BCUT2D eigenvalue weighted by Crippen LogP contribution is -2.41. The van der Waals surface area contributed by atoms with E-state index in [1.165, 1.54) is 16.4 Å². The van der Waals surface area contributed by atoms with Crippen LogP contribution in [0.5, 0.6) is 0 Å². The summed E-state index contributed by atoms with van der Waals surface area (Å²) in [6.45, 7) is 2.96. The number of nitrogens with zero attached hydrogens (tertiary/aromatic N) is 1. The van der Waals surface area contributed by atoms with Crippen molar-refractivity contribution in [3.63, 3.8) is 0 Å². The van der Waals surface area contributed by atoms with Gasteiger partial charge in [0.1, 0.15) is 4.90 Å². The van der Waals surface area contributed by atoms with Gasteiger partial charge in [0.25, 0.3) is 0 Å². The molecule has 1 unspecified atom stereocenters. The number of nitrogens with two attached hydrogens (primary N) is 1. The van der Waals surface area contributed by atoms with E-state index in [0.717, 1.165) is 5.75 Å². The lowest BCUT2D eigenvalue weighted by molar-refractivity contribution is 0.424. The predicted octanol–water partition coefficient (Wildman–Crippen LogP) is 2.70. The SMILES string of the molecule is CC1CN(S(=O)(=O)c2ccc(Cl)c(N)c2Cl)CCS1. The Morgan fingerprint density at radius 2 is 2.11 bits per heavy atom. The molecule has 0 bridgehead atoms. The van der Waals surface area contributed by atoms with E-state index in [1.54, 1.807) is 11.8 Å². The van der Waals surface area contributed by atoms with Gasteiger partial charge in [0, 0.05) is 24.1 Å². The Balaban J connectivity index is 2.42. The third-order valence-electron chi connectivity index (χ3n) is 2.91. The van der Waals surface area contributed by atoms with Crippen molar-refractivity contribution in [1.29, 1.82) is 0 Å². The van der Waals surface area contributed by atoms with Gasteiger partial charge in [-0.1, -0.05) is 30.1 Å². The zero-order valence-corrected chi connectivity index (χ0v) is 13.4. The third-order valence-corrected chi connectivity index (χ3v) is 6.81. The molecule has 1 aromatic carbocycles. The summed E-state index contributed by atoms with van der Waals surface area (Å²) in [7, 11) is -3.62. The lowest BCUT2D eigenvalue weighted by Gasteiger charge is -2.30. The molecule has 1 fully saturated rings. The van der Waals surface area contributed by atoms with Crippen LogP contribution in [0.4, 0.5) is 5.69 Å².